The predicted molar refractivity (Wildman–Crippen MR) is 63.6 cm³/mol. The van der Waals surface area contributed by atoms with Crippen LogP contribution in [0.1, 0.15) is 18.9 Å². The van der Waals surface area contributed by atoms with Gasteiger partial charge < -0.3 is 4.74 Å². The molecule has 0 N–H and O–H groups in total. The number of rotatable bonds is 3. The summed E-state index contributed by atoms with van der Waals surface area (Å²) in [4.78, 5) is 11.9. The van der Waals surface area contributed by atoms with Gasteiger partial charge in [-0.1, -0.05) is 17.7 Å². The van der Waals surface area contributed by atoms with E-state index in [9.17, 15) is 9.18 Å². The van der Waals surface area contributed by atoms with Crippen molar-refractivity contribution in [1.82, 2.24) is 0 Å². The normalized spacial score (nSPS) is 23.9. The molecule has 2 unspecified atom stereocenters. The lowest BCUT2D eigenvalue weighted by Crippen LogP contribution is -2.17. The molecular weight excluding hydrogens is 243 g/mol. The molecule has 0 radical (unpaired) electrons. The Morgan fingerprint density at radius 2 is 2.35 bits per heavy atom. The number of Topliss-reactive ketones (excluding diaryl/α,β-unsaturated/α-hetero) is 1. The molecule has 0 bridgehead atoms. The number of hydrogen-bond donors (Lipinski definition) is 0. The molecule has 4 heteroatoms. The highest BCUT2D eigenvalue weighted by atomic mass is 35.5. The highest BCUT2D eigenvalue weighted by Gasteiger charge is 2.27. The van der Waals surface area contributed by atoms with Crippen LogP contribution in [-0.2, 0) is 16.0 Å². The van der Waals surface area contributed by atoms with Crippen LogP contribution < -0.4 is 0 Å². The summed E-state index contributed by atoms with van der Waals surface area (Å²) in [6.07, 6.45) is 1.15. The minimum atomic E-state index is -0.479. The van der Waals surface area contributed by atoms with Crippen LogP contribution in [0.3, 0.4) is 0 Å². The van der Waals surface area contributed by atoms with Gasteiger partial charge >= 0.3 is 0 Å². The first-order chi connectivity index (χ1) is 8.06. The van der Waals surface area contributed by atoms with Crippen LogP contribution in [0.5, 0.6) is 0 Å². The summed E-state index contributed by atoms with van der Waals surface area (Å²) in [5.41, 5.74) is 0.663. The summed E-state index contributed by atoms with van der Waals surface area (Å²) in [5, 5.41) is 0.0824. The largest absolute Gasteiger partial charge is 0.378 e. The van der Waals surface area contributed by atoms with Gasteiger partial charge in [-0.05, 0) is 31.0 Å². The number of hydrogen-bond acceptors (Lipinski definition) is 2. The summed E-state index contributed by atoms with van der Waals surface area (Å²) in [6, 6.07) is 4.48. The van der Waals surface area contributed by atoms with E-state index in [0.29, 0.717) is 12.2 Å². The second-order valence-corrected chi connectivity index (χ2v) is 4.88. The van der Waals surface area contributed by atoms with E-state index in [1.54, 1.807) is 6.07 Å². The monoisotopic (exact) mass is 256 g/mol. The zero-order valence-corrected chi connectivity index (χ0v) is 10.3. The molecule has 1 heterocycles. The van der Waals surface area contributed by atoms with Crippen molar-refractivity contribution in [2.45, 2.75) is 25.9 Å². The summed E-state index contributed by atoms with van der Waals surface area (Å²) < 4.78 is 18.6. The quantitative estimate of drug-likeness (QED) is 0.831. The fourth-order valence-corrected chi connectivity index (χ4v) is 2.15. The molecule has 0 saturated carbocycles. The Bertz CT molecular complexity index is 433. The first-order valence-electron chi connectivity index (χ1n) is 5.64. The van der Waals surface area contributed by atoms with Crippen molar-refractivity contribution in [1.29, 1.82) is 0 Å². The zero-order chi connectivity index (χ0) is 12.4. The van der Waals surface area contributed by atoms with Gasteiger partial charge in [-0.15, -0.1) is 0 Å². The van der Waals surface area contributed by atoms with E-state index in [4.69, 9.17) is 16.3 Å². The molecule has 1 aromatic rings. The first kappa shape index (κ1) is 12.5. The SMILES string of the molecule is CC1CC(C(=O)Cc2ccc(Cl)c(F)c2)CO1. The van der Waals surface area contributed by atoms with E-state index >= 15 is 0 Å². The third-order valence-electron chi connectivity index (χ3n) is 3.02. The molecule has 2 rings (SSSR count). The molecule has 0 aliphatic carbocycles. The van der Waals surface area contributed by atoms with Crippen molar-refractivity contribution in [2.75, 3.05) is 6.61 Å². The van der Waals surface area contributed by atoms with Crippen molar-refractivity contribution in [3.63, 3.8) is 0 Å². The van der Waals surface area contributed by atoms with Crippen LogP contribution >= 0.6 is 11.6 Å². The van der Waals surface area contributed by atoms with Crippen LogP contribution in [0.4, 0.5) is 4.39 Å². The lowest BCUT2D eigenvalue weighted by molar-refractivity contribution is -0.122. The average molecular weight is 257 g/mol. The Kier molecular flexibility index (Phi) is 3.79. The molecule has 1 fully saturated rings. The highest BCUT2D eigenvalue weighted by Crippen LogP contribution is 2.22. The third-order valence-corrected chi connectivity index (χ3v) is 3.32. The molecular formula is C13H14ClFO2. The fourth-order valence-electron chi connectivity index (χ4n) is 2.04. The van der Waals surface area contributed by atoms with Gasteiger partial charge in [0.05, 0.1) is 17.7 Å². The molecule has 0 spiro atoms. The Morgan fingerprint density at radius 1 is 1.59 bits per heavy atom. The van der Waals surface area contributed by atoms with Crippen LogP contribution in [0.2, 0.25) is 5.02 Å². The molecule has 0 aromatic heterocycles. The van der Waals surface area contributed by atoms with Crippen molar-refractivity contribution in [2.24, 2.45) is 5.92 Å². The molecule has 2 atom stereocenters. The van der Waals surface area contributed by atoms with Crippen LogP contribution in [-0.4, -0.2) is 18.5 Å². The van der Waals surface area contributed by atoms with Gasteiger partial charge in [-0.3, -0.25) is 4.79 Å². The Labute approximate surface area is 105 Å². The van der Waals surface area contributed by atoms with Gasteiger partial charge in [0.25, 0.3) is 0 Å². The molecule has 1 saturated heterocycles. The molecule has 17 heavy (non-hydrogen) atoms. The van der Waals surface area contributed by atoms with Crippen LogP contribution in [0, 0.1) is 11.7 Å². The standard InChI is InChI=1S/C13H14ClFO2/c1-8-4-10(7-17-8)13(16)6-9-2-3-11(14)12(15)5-9/h2-3,5,8,10H,4,6-7H2,1H3. The maximum Gasteiger partial charge on any atom is 0.142 e. The third kappa shape index (κ3) is 3.05. The average Bonchev–Trinajstić information content (AvgIpc) is 2.70. The molecule has 92 valence electrons. The Morgan fingerprint density at radius 3 is 2.94 bits per heavy atom. The summed E-state index contributed by atoms with van der Waals surface area (Å²) in [7, 11) is 0. The number of carbonyl (C=O) groups is 1. The van der Waals surface area contributed by atoms with Crippen molar-refractivity contribution < 1.29 is 13.9 Å². The number of ketones is 1. The Hall–Kier alpha value is -0.930. The van der Waals surface area contributed by atoms with Gasteiger partial charge in [0.15, 0.2) is 0 Å². The van der Waals surface area contributed by atoms with Gasteiger partial charge in [0, 0.05) is 12.3 Å². The maximum atomic E-state index is 13.2. The van der Waals surface area contributed by atoms with Gasteiger partial charge in [-0.2, -0.15) is 0 Å². The number of benzene rings is 1. The Balaban J connectivity index is 2.00. The lowest BCUT2D eigenvalue weighted by Gasteiger charge is -2.07. The summed E-state index contributed by atoms with van der Waals surface area (Å²) in [6.45, 7) is 2.44. The highest BCUT2D eigenvalue weighted by molar-refractivity contribution is 6.30. The predicted octanol–water partition coefficient (Wildman–Crippen LogP) is 3.02. The molecule has 1 aliphatic rings. The molecule has 0 amide bonds. The van der Waals surface area contributed by atoms with E-state index in [2.05, 4.69) is 0 Å². The summed E-state index contributed by atoms with van der Waals surface area (Å²) >= 11 is 5.58. The zero-order valence-electron chi connectivity index (χ0n) is 9.58. The van der Waals surface area contributed by atoms with Crippen molar-refractivity contribution in [3.05, 3.63) is 34.6 Å². The van der Waals surface area contributed by atoms with E-state index in [1.807, 2.05) is 6.92 Å². The van der Waals surface area contributed by atoms with Crippen LogP contribution in [0.15, 0.2) is 18.2 Å². The number of carbonyl (C=O) groups excluding carboxylic acids is 1. The second kappa shape index (κ2) is 5.15. The maximum absolute atomic E-state index is 13.2. The van der Waals surface area contributed by atoms with Crippen molar-refractivity contribution in [3.8, 4) is 0 Å². The first-order valence-corrected chi connectivity index (χ1v) is 6.02. The smallest absolute Gasteiger partial charge is 0.142 e. The molecule has 1 aromatic carbocycles. The minimum Gasteiger partial charge on any atom is -0.378 e. The van der Waals surface area contributed by atoms with Gasteiger partial charge in [-0.25, -0.2) is 4.39 Å². The minimum absolute atomic E-state index is 0.0521. The fraction of sp³-hybridized carbons (Fsp3) is 0.462. The van der Waals surface area contributed by atoms with Gasteiger partial charge in [0.1, 0.15) is 11.6 Å². The molecule has 1 aliphatic heterocycles. The second-order valence-electron chi connectivity index (χ2n) is 4.47. The van der Waals surface area contributed by atoms with E-state index in [1.165, 1.54) is 12.1 Å². The number of ether oxygens (including phenoxy) is 1. The number of halogens is 2. The van der Waals surface area contributed by atoms with Crippen LogP contribution in [0.25, 0.3) is 0 Å². The topological polar surface area (TPSA) is 26.3 Å². The van der Waals surface area contributed by atoms with E-state index in [0.717, 1.165) is 6.42 Å². The lowest BCUT2D eigenvalue weighted by atomic mass is 9.96. The van der Waals surface area contributed by atoms with Gasteiger partial charge in [0.2, 0.25) is 0 Å². The summed E-state index contributed by atoms with van der Waals surface area (Å²) in [5.74, 6) is -0.423. The van der Waals surface area contributed by atoms with Crippen molar-refractivity contribution >= 4 is 17.4 Å². The van der Waals surface area contributed by atoms with E-state index in [-0.39, 0.29) is 29.2 Å². The molecule has 2 nitrogen and oxygen atoms in total. The van der Waals surface area contributed by atoms with E-state index < -0.39 is 5.82 Å².